The van der Waals surface area contributed by atoms with Crippen molar-refractivity contribution < 1.29 is 14.6 Å². The maximum Gasteiger partial charge on any atom is 0.274 e. The molecule has 0 aromatic carbocycles. The second-order valence-corrected chi connectivity index (χ2v) is 3.01. The molecule has 0 saturated carbocycles. The molecular weight excluding hydrogens is 208 g/mol. The number of aliphatic hydroxyl groups is 1. The quantitative estimate of drug-likeness (QED) is 0.543. The van der Waals surface area contributed by atoms with Crippen LogP contribution in [0.15, 0.2) is 0 Å². The zero-order valence-corrected chi connectivity index (χ0v) is 8.03. The Balaban J connectivity index is 2.58. The largest absolute Gasteiger partial charge is 0.473 e. The van der Waals surface area contributed by atoms with E-state index in [9.17, 15) is 4.79 Å². The second kappa shape index (κ2) is 4.84. The fourth-order valence-corrected chi connectivity index (χ4v) is 1.17. The van der Waals surface area contributed by atoms with Crippen LogP contribution in [-0.2, 0) is 0 Å². The Morgan fingerprint density at radius 3 is 2.93 bits per heavy atom. The van der Waals surface area contributed by atoms with Gasteiger partial charge in [-0.2, -0.15) is 4.37 Å². The molecule has 0 aliphatic rings. The molecule has 1 rings (SSSR count). The number of hydrogen-bond acceptors (Lipinski definition) is 7. The van der Waals surface area contributed by atoms with Crippen LogP contribution in [0, 0.1) is 0 Å². The lowest BCUT2D eigenvalue weighted by atomic mass is 10.4. The Kier molecular flexibility index (Phi) is 3.74. The molecular formula is C6H10N4O3S. The topological polar surface area (TPSA) is 124 Å². The second-order valence-electron chi connectivity index (χ2n) is 2.48. The molecule has 1 heterocycles. The molecule has 1 aromatic rings. The van der Waals surface area contributed by atoms with E-state index in [4.69, 9.17) is 21.3 Å². The van der Waals surface area contributed by atoms with Crippen LogP contribution in [0.2, 0.25) is 0 Å². The Labute approximate surface area is 84.0 Å². The Hall–Kier alpha value is -1.25. The minimum atomic E-state index is -0.794. The van der Waals surface area contributed by atoms with Crippen LogP contribution in [0.3, 0.4) is 0 Å². The Morgan fingerprint density at radius 1 is 1.64 bits per heavy atom. The van der Waals surface area contributed by atoms with E-state index in [1.807, 2.05) is 0 Å². The predicted octanol–water partition coefficient (Wildman–Crippen LogP) is -1.66. The number of hydrogen-bond donors (Lipinski definition) is 3. The monoisotopic (exact) mass is 218 g/mol. The molecule has 0 fully saturated rings. The molecule has 1 unspecified atom stereocenters. The van der Waals surface area contributed by atoms with Gasteiger partial charge in [-0.3, -0.25) is 4.79 Å². The number of carbonyl (C=O) groups is 1. The smallest absolute Gasteiger partial charge is 0.274 e. The number of rotatable bonds is 5. The molecule has 8 heteroatoms. The predicted molar refractivity (Wildman–Crippen MR) is 49.0 cm³/mol. The number of ether oxygens (including phenoxy) is 1. The van der Waals surface area contributed by atoms with Gasteiger partial charge in [-0.1, -0.05) is 0 Å². The van der Waals surface area contributed by atoms with Crippen LogP contribution in [-0.4, -0.2) is 39.0 Å². The minimum absolute atomic E-state index is 0.0285. The van der Waals surface area contributed by atoms with E-state index in [0.29, 0.717) is 0 Å². The van der Waals surface area contributed by atoms with Crippen molar-refractivity contribution in [3.63, 3.8) is 0 Å². The van der Waals surface area contributed by atoms with Crippen molar-refractivity contribution in [3.8, 4) is 5.88 Å². The fourth-order valence-electron chi connectivity index (χ4n) is 0.669. The molecule has 5 N–H and O–H groups in total. The Morgan fingerprint density at radius 2 is 2.36 bits per heavy atom. The van der Waals surface area contributed by atoms with Crippen molar-refractivity contribution in [1.29, 1.82) is 0 Å². The summed E-state index contributed by atoms with van der Waals surface area (Å²) in [7, 11) is 0. The number of nitrogens with zero attached hydrogens (tertiary/aromatic N) is 2. The van der Waals surface area contributed by atoms with Crippen molar-refractivity contribution >= 4 is 17.6 Å². The molecule has 78 valence electrons. The van der Waals surface area contributed by atoms with Gasteiger partial charge in [0.05, 0.1) is 11.7 Å². The van der Waals surface area contributed by atoms with Crippen LogP contribution < -0.4 is 16.2 Å². The molecule has 0 aliphatic carbocycles. The van der Waals surface area contributed by atoms with Gasteiger partial charge < -0.3 is 21.3 Å². The van der Waals surface area contributed by atoms with Gasteiger partial charge in [0.2, 0.25) is 5.69 Å². The standard InChI is InChI=1S/C6H10N4O3S/c7-1-3(11)2-13-6-4(5(8)12)9-14-10-6/h3,11H,1-2,7H2,(H2,8,12). The summed E-state index contributed by atoms with van der Waals surface area (Å²) in [6.45, 7) is 0.0334. The average Bonchev–Trinajstić information content (AvgIpc) is 2.62. The summed E-state index contributed by atoms with van der Waals surface area (Å²) in [5.41, 5.74) is 10.1. The van der Waals surface area contributed by atoms with Gasteiger partial charge >= 0.3 is 0 Å². The number of nitrogens with two attached hydrogens (primary N) is 2. The van der Waals surface area contributed by atoms with Gasteiger partial charge in [0.25, 0.3) is 11.8 Å². The van der Waals surface area contributed by atoms with Crippen molar-refractivity contribution in [1.82, 2.24) is 8.75 Å². The molecule has 0 saturated heterocycles. The van der Waals surface area contributed by atoms with Crippen molar-refractivity contribution in [2.45, 2.75) is 6.10 Å². The summed E-state index contributed by atoms with van der Waals surface area (Å²) in [6, 6.07) is 0. The first kappa shape index (κ1) is 10.8. The van der Waals surface area contributed by atoms with Gasteiger partial charge in [-0.15, -0.1) is 4.37 Å². The van der Waals surface area contributed by atoms with Gasteiger partial charge in [0, 0.05) is 6.54 Å². The number of amides is 1. The van der Waals surface area contributed by atoms with E-state index in [1.54, 1.807) is 0 Å². The summed E-state index contributed by atoms with van der Waals surface area (Å²) in [5, 5.41) is 9.08. The maximum atomic E-state index is 10.8. The van der Waals surface area contributed by atoms with E-state index in [2.05, 4.69) is 8.75 Å². The lowest BCUT2D eigenvalue weighted by Gasteiger charge is -2.07. The van der Waals surface area contributed by atoms with Crippen LogP contribution >= 0.6 is 11.7 Å². The summed E-state index contributed by atoms with van der Waals surface area (Å²) in [6.07, 6.45) is -0.794. The number of aromatic nitrogens is 2. The minimum Gasteiger partial charge on any atom is -0.473 e. The van der Waals surface area contributed by atoms with E-state index in [1.165, 1.54) is 0 Å². The van der Waals surface area contributed by atoms with Crippen molar-refractivity contribution in [3.05, 3.63) is 5.69 Å². The third-order valence-electron chi connectivity index (χ3n) is 1.38. The molecule has 1 aromatic heterocycles. The van der Waals surface area contributed by atoms with Crippen molar-refractivity contribution in [2.75, 3.05) is 13.2 Å². The highest BCUT2D eigenvalue weighted by Crippen LogP contribution is 2.14. The molecule has 1 atom stereocenters. The van der Waals surface area contributed by atoms with Gasteiger partial charge in [0.15, 0.2) is 0 Å². The SMILES string of the molecule is NCC(O)COc1nsnc1C(N)=O. The summed E-state index contributed by atoms with van der Waals surface area (Å²) >= 11 is 0.815. The molecule has 0 aliphatic heterocycles. The van der Waals surface area contributed by atoms with Crippen LogP contribution in [0.1, 0.15) is 10.5 Å². The molecule has 1 amide bonds. The molecule has 0 radical (unpaired) electrons. The first-order valence-electron chi connectivity index (χ1n) is 3.78. The third-order valence-corrected chi connectivity index (χ3v) is 1.89. The van der Waals surface area contributed by atoms with Crippen LogP contribution in [0.4, 0.5) is 0 Å². The van der Waals surface area contributed by atoms with E-state index in [0.717, 1.165) is 11.7 Å². The van der Waals surface area contributed by atoms with Crippen LogP contribution in [0.25, 0.3) is 0 Å². The average molecular weight is 218 g/mol. The highest BCUT2D eigenvalue weighted by Gasteiger charge is 2.15. The van der Waals surface area contributed by atoms with E-state index in [-0.39, 0.29) is 24.7 Å². The highest BCUT2D eigenvalue weighted by atomic mass is 32.1. The summed E-state index contributed by atoms with van der Waals surface area (Å²) in [4.78, 5) is 10.8. The first-order chi connectivity index (χ1) is 6.65. The third kappa shape index (κ3) is 2.62. The zero-order valence-electron chi connectivity index (χ0n) is 7.21. The molecule has 0 spiro atoms. The highest BCUT2D eigenvalue weighted by molar-refractivity contribution is 6.99. The fraction of sp³-hybridized carbons (Fsp3) is 0.500. The molecule has 0 bridgehead atoms. The Bertz CT molecular complexity index is 316. The lowest BCUT2D eigenvalue weighted by Crippen LogP contribution is -2.27. The lowest BCUT2D eigenvalue weighted by molar-refractivity contribution is 0.0968. The molecule has 7 nitrogen and oxygen atoms in total. The number of primary amides is 1. The van der Waals surface area contributed by atoms with Crippen molar-refractivity contribution in [2.24, 2.45) is 11.5 Å². The number of aliphatic hydroxyl groups excluding tert-OH is 1. The van der Waals surface area contributed by atoms with Gasteiger partial charge in [0.1, 0.15) is 12.7 Å². The van der Waals surface area contributed by atoms with E-state index >= 15 is 0 Å². The molecule has 14 heavy (non-hydrogen) atoms. The summed E-state index contributed by atoms with van der Waals surface area (Å²) < 4.78 is 12.3. The van der Waals surface area contributed by atoms with E-state index < -0.39 is 12.0 Å². The normalized spacial score (nSPS) is 12.4. The maximum absolute atomic E-state index is 10.8. The van der Waals surface area contributed by atoms with Gasteiger partial charge in [-0.05, 0) is 0 Å². The van der Waals surface area contributed by atoms with Crippen LogP contribution in [0.5, 0.6) is 5.88 Å². The zero-order chi connectivity index (χ0) is 10.6. The summed E-state index contributed by atoms with van der Waals surface area (Å²) in [5.74, 6) is -0.675. The van der Waals surface area contributed by atoms with Gasteiger partial charge in [-0.25, -0.2) is 0 Å². The first-order valence-corrected chi connectivity index (χ1v) is 4.51. The number of carbonyl (C=O) groups excluding carboxylic acids is 1.